The fraction of sp³-hybridized carbons (Fsp3) is 1.00. The Morgan fingerprint density at radius 2 is 0.704 bits per heavy atom. The maximum Gasteiger partial charge on any atom is 0.0644 e. The molecule has 0 amide bonds. The van der Waals surface area contributed by atoms with Gasteiger partial charge in [-0.3, -0.25) is 0 Å². The smallest absolute Gasteiger partial charge is 0.0644 e. The quantitative estimate of drug-likeness (QED) is 0.0320. The van der Waals surface area contributed by atoms with Crippen molar-refractivity contribution >= 4 is 0 Å². The molecule has 13 N–H and O–H groups in total. The van der Waals surface area contributed by atoms with Gasteiger partial charge in [0.25, 0.3) is 0 Å². The second-order valence-corrected chi connectivity index (χ2v) is 42.4. The van der Waals surface area contributed by atoms with E-state index in [1.807, 2.05) is 76.2 Å². The summed E-state index contributed by atoms with van der Waals surface area (Å²) in [6.45, 7) is 110. The zero-order valence-electron chi connectivity index (χ0n) is 83.6. The van der Waals surface area contributed by atoms with E-state index in [0.717, 1.165) is 44.9 Å². The van der Waals surface area contributed by atoms with Gasteiger partial charge in [-0.2, -0.15) is 0 Å². The molecule has 0 aliphatic heterocycles. The average molecular weight is 1570 g/mol. The van der Waals surface area contributed by atoms with Gasteiger partial charge < -0.3 is 66.4 Å². The van der Waals surface area contributed by atoms with Gasteiger partial charge in [0.15, 0.2) is 0 Å². The third-order valence-electron chi connectivity index (χ3n) is 23.1. The van der Waals surface area contributed by atoms with Gasteiger partial charge in [-0.15, -0.1) is 0 Å². The molecule has 0 rings (SSSR count). The highest BCUT2D eigenvalue weighted by atomic mass is 16.3. The van der Waals surface area contributed by atoms with E-state index in [4.69, 9.17) is 46.0 Å². The standard InChI is InChI=1S/2C9H20O.4C8H18O.4C7H16O.2C6H14O.C5H12O/c1-7(2)9(4,5)6-8(3)10;1-7(2)8(3,4)9(5,6)10;1-7(2)5-8(3,4)6-9;1-7(2)8(3,4)5-6-9;1-6(2)8(4,5)7(3)9;1-6(2)7(3)8(4,5)9;1-6(2)7(3,4)5-8;1-6(2)5-7(3,4)8;1-5(2)6(3)7(4)8;1-4-7(5-8)6(2)3;1-5(2)6(3)4-7;1-5(2)4-6(3)7;1-5(2)3-4-6/h7-8,10H,6H2,1-5H3;7,10H,1-6H3;2*7,9H,5-6H2,1-4H3;2*6-7,9H,1-5H3;2*6,8H,5H2,1-4H3;5-8H,1-4H3;6-8H,4-5H2,1-3H3;2*5-7H,4H2,1-3H3;5-6H,3-4H2,1-2H3. The predicted molar refractivity (Wildman–Crippen MR) is 483 cm³/mol. The second kappa shape index (κ2) is 70.7. The van der Waals surface area contributed by atoms with E-state index in [0.29, 0.717) is 139 Å². The van der Waals surface area contributed by atoms with Gasteiger partial charge in [-0.1, -0.05) is 297 Å². The molecule has 0 aromatic rings. The SMILES string of the molecule is CC(C)C(C)(C)C(C)(C)O.CC(C)C(C)(C)C(C)O.CC(C)C(C)(C)CCO.CC(C)C(C)(C)CO.CC(C)C(C)C(C)(C)O.CC(C)C(C)C(C)O.CC(C)C(C)CO.CC(C)CC(C)(C)CO.CC(C)CC(C)(C)O.CC(C)CC(C)O.CC(C)CCO.CC(O)CC(C)(C)C(C)C.CCC(CO)C(C)C. The molecular weight excluding hydrogens is 1350 g/mol. The summed E-state index contributed by atoms with van der Waals surface area (Å²) < 4.78 is 0. The molecule has 0 aliphatic carbocycles. The maximum absolute atomic E-state index is 9.72. The fourth-order valence-corrected chi connectivity index (χ4v) is 8.45. The molecule has 108 heavy (non-hydrogen) atoms. The molecule has 0 spiro atoms. The van der Waals surface area contributed by atoms with Crippen molar-refractivity contribution in [3.63, 3.8) is 0 Å². The highest BCUT2D eigenvalue weighted by Gasteiger charge is 2.37. The first-order valence-electron chi connectivity index (χ1n) is 43.1. The van der Waals surface area contributed by atoms with Crippen molar-refractivity contribution in [2.75, 3.05) is 39.6 Å². The highest BCUT2D eigenvalue weighted by Crippen LogP contribution is 2.38. The van der Waals surface area contributed by atoms with Crippen LogP contribution in [0.15, 0.2) is 0 Å². The summed E-state index contributed by atoms with van der Waals surface area (Å²) in [5.74, 6) is 9.62. The Hall–Kier alpha value is -0.520. The monoisotopic (exact) mass is 1570 g/mol. The molecular formula is C95H216O13. The average Bonchev–Trinajstić information content (AvgIpc) is 0.811. The zero-order chi connectivity index (χ0) is 90.8. The van der Waals surface area contributed by atoms with Crippen LogP contribution in [0.4, 0.5) is 0 Å². The van der Waals surface area contributed by atoms with Crippen molar-refractivity contribution in [2.45, 2.75) is 446 Å². The molecule has 0 aliphatic rings. The topological polar surface area (TPSA) is 263 Å². The van der Waals surface area contributed by atoms with Gasteiger partial charge in [0.1, 0.15) is 0 Å². The van der Waals surface area contributed by atoms with E-state index < -0.39 is 16.8 Å². The van der Waals surface area contributed by atoms with Gasteiger partial charge >= 0.3 is 0 Å². The summed E-state index contributed by atoms with van der Waals surface area (Å²) in [5, 5.41) is 116. The first-order valence-corrected chi connectivity index (χ1v) is 43.1. The molecule has 13 heteroatoms. The van der Waals surface area contributed by atoms with Crippen LogP contribution in [0.2, 0.25) is 0 Å². The van der Waals surface area contributed by atoms with Crippen LogP contribution in [-0.4, -0.2) is 147 Å². The van der Waals surface area contributed by atoms with Crippen LogP contribution in [0.3, 0.4) is 0 Å². The highest BCUT2D eigenvalue weighted by molar-refractivity contribution is 4.88. The van der Waals surface area contributed by atoms with Crippen LogP contribution in [0, 0.1) is 133 Å². The number of aliphatic hydroxyl groups excluding tert-OH is 10. The molecule has 674 valence electrons. The van der Waals surface area contributed by atoms with Crippen molar-refractivity contribution in [1.29, 1.82) is 0 Å². The summed E-state index contributed by atoms with van der Waals surface area (Å²) in [6, 6.07) is 0. The molecule has 0 saturated heterocycles. The summed E-state index contributed by atoms with van der Waals surface area (Å²) in [6.07, 6.45) is 6.06. The van der Waals surface area contributed by atoms with Gasteiger partial charge in [0, 0.05) is 39.6 Å². The van der Waals surface area contributed by atoms with Gasteiger partial charge in [-0.25, -0.2) is 0 Å². The molecule has 13 nitrogen and oxygen atoms in total. The van der Waals surface area contributed by atoms with Crippen LogP contribution < -0.4 is 0 Å². The Morgan fingerprint density at radius 1 is 0.333 bits per heavy atom. The lowest BCUT2D eigenvalue weighted by Crippen LogP contribution is -2.42. The third-order valence-corrected chi connectivity index (χ3v) is 23.1. The van der Waals surface area contributed by atoms with Crippen LogP contribution in [0.5, 0.6) is 0 Å². The molecule has 0 saturated carbocycles. The van der Waals surface area contributed by atoms with Crippen LogP contribution in [0.25, 0.3) is 0 Å². The largest absolute Gasteiger partial charge is 0.396 e. The second-order valence-electron chi connectivity index (χ2n) is 42.4. The number of rotatable bonds is 30. The molecule has 8 atom stereocenters. The molecule has 0 aromatic heterocycles. The summed E-state index contributed by atoms with van der Waals surface area (Å²) in [7, 11) is 0. The molecule has 0 radical (unpaired) electrons. The predicted octanol–water partition coefficient (Wildman–Crippen LogP) is 23.6. The zero-order valence-corrected chi connectivity index (χ0v) is 83.6. The molecule has 8 unspecified atom stereocenters. The Bertz CT molecular complexity index is 1750. The van der Waals surface area contributed by atoms with Gasteiger partial charge in [-0.05, 0) is 241 Å². The first-order chi connectivity index (χ1) is 47.5. The van der Waals surface area contributed by atoms with Gasteiger partial charge in [0.05, 0.1) is 41.2 Å². The van der Waals surface area contributed by atoms with Crippen LogP contribution in [0.1, 0.15) is 405 Å². The van der Waals surface area contributed by atoms with Crippen molar-refractivity contribution < 1.29 is 66.4 Å². The third kappa shape index (κ3) is 97.8. The number of hydrogen-bond donors (Lipinski definition) is 13. The normalized spacial score (nSPS) is 14.5. The Balaban J connectivity index is -0.0000000825. The molecule has 0 aromatic carbocycles. The summed E-state index contributed by atoms with van der Waals surface area (Å²) in [4.78, 5) is 0. The number of aliphatic hydroxyl groups is 13. The van der Waals surface area contributed by atoms with E-state index in [1.165, 1.54) is 0 Å². The minimum absolute atomic E-state index is 0.00694. The summed E-state index contributed by atoms with van der Waals surface area (Å²) >= 11 is 0. The van der Waals surface area contributed by atoms with Crippen molar-refractivity contribution in [3.8, 4) is 0 Å². The van der Waals surface area contributed by atoms with E-state index in [1.54, 1.807) is 0 Å². The van der Waals surface area contributed by atoms with Crippen molar-refractivity contribution in [1.82, 2.24) is 0 Å². The molecule has 0 bridgehead atoms. The van der Waals surface area contributed by atoms with E-state index in [2.05, 4.69) is 284 Å². The fourth-order valence-electron chi connectivity index (χ4n) is 8.45. The van der Waals surface area contributed by atoms with E-state index in [-0.39, 0.29) is 58.1 Å². The number of hydrogen-bond acceptors (Lipinski definition) is 13. The molecule has 0 fully saturated rings. The minimum Gasteiger partial charge on any atom is -0.396 e. The summed E-state index contributed by atoms with van der Waals surface area (Å²) in [5.41, 5.74) is -0.742. The van der Waals surface area contributed by atoms with Crippen LogP contribution in [-0.2, 0) is 0 Å². The lowest BCUT2D eigenvalue weighted by atomic mass is 9.69. The maximum atomic E-state index is 9.72. The Morgan fingerprint density at radius 3 is 0.731 bits per heavy atom. The Kier molecular flexibility index (Phi) is 89.3. The lowest BCUT2D eigenvalue weighted by molar-refractivity contribution is -0.0604. The van der Waals surface area contributed by atoms with Crippen molar-refractivity contribution in [2.24, 2.45) is 133 Å². The van der Waals surface area contributed by atoms with Gasteiger partial charge in [0.2, 0.25) is 0 Å². The molecule has 0 heterocycles. The van der Waals surface area contributed by atoms with E-state index in [9.17, 15) is 20.4 Å². The van der Waals surface area contributed by atoms with Crippen LogP contribution >= 0.6 is 0 Å². The van der Waals surface area contributed by atoms with E-state index >= 15 is 0 Å². The Labute approximate surface area is 681 Å². The minimum atomic E-state index is -0.582. The van der Waals surface area contributed by atoms with Crippen molar-refractivity contribution in [3.05, 3.63) is 0 Å². The first kappa shape index (κ1) is 137. The lowest BCUT2D eigenvalue weighted by Gasteiger charge is -2.40.